The van der Waals surface area contributed by atoms with Gasteiger partial charge in [0.05, 0.1) is 91.7 Å². The van der Waals surface area contributed by atoms with Crippen LogP contribution in [0.4, 0.5) is 0 Å². The van der Waals surface area contributed by atoms with E-state index in [0.717, 1.165) is 46.2 Å². The molecule has 0 unspecified atom stereocenters. The molecule has 18 N–H and O–H groups in total. The summed E-state index contributed by atoms with van der Waals surface area (Å²) in [7, 11) is 2.00. The maximum atomic E-state index is 14.9. The number of primary amides is 1. The monoisotopic (exact) mass is 1690 g/mol. The Labute approximate surface area is 691 Å². The van der Waals surface area contributed by atoms with E-state index >= 15 is 0 Å². The van der Waals surface area contributed by atoms with Crippen molar-refractivity contribution in [3.8, 4) is 0 Å². The fourth-order valence-electron chi connectivity index (χ4n) is 12.0. The smallest absolute Gasteiger partial charge is 0.304 e. The van der Waals surface area contributed by atoms with Crippen LogP contribution in [0.3, 0.4) is 0 Å². The maximum Gasteiger partial charge on any atom is 0.304 e. The molecule has 3 rings (SSSR count). The first-order chi connectivity index (χ1) is 55.2. The lowest BCUT2D eigenvalue weighted by Gasteiger charge is -2.28. The first-order valence-electron chi connectivity index (χ1n) is 39.5. The molecule has 1 aromatic rings. The number of unbranched alkanes of at least 4 members (excludes halogenated alkanes) is 1. The number of hydrogen-bond donors (Lipinski definition) is 15. The molecule has 39 heteroatoms. The van der Waals surface area contributed by atoms with Gasteiger partial charge in [0.15, 0.2) is 34.9 Å². The van der Waals surface area contributed by atoms with Gasteiger partial charge in [-0.15, -0.1) is 11.8 Å². The lowest BCUT2D eigenvalue weighted by atomic mass is 9.90. The Morgan fingerprint density at radius 3 is 1.71 bits per heavy atom. The highest BCUT2D eigenvalue weighted by molar-refractivity contribution is 8.76. The number of hydrogen-bond acceptors (Lipinski definition) is 28. The molecule has 36 nitrogen and oxygen atoms in total. The van der Waals surface area contributed by atoms with Gasteiger partial charge in [-0.05, 0) is 143 Å². The van der Waals surface area contributed by atoms with Gasteiger partial charge in [-0.3, -0.25) is 72.1 Å². The molecule has 7 atom stereocenters. The third-order valence-electron chi connectivity index (χ3n) is 19.5. The number of ether oxygens (including phenoxy) is 4. The van der Waals surface area contributed by atoms with Crippen molar-refractivity contribution in [1.82, 2.24) is 47.9 Å². The Bertz CT molecular complexity index is 3370. The molecule has 0 aliphatic carbocycles. The largest absolute Gasteiger partial charge is 0.481 e. The van der Waals surface area contributed by atoms with E-state index in [4.69, 9.17) is 36.1 Å². The number of oxime groups is 2. The van der Waals surface area contributed by atoms with Gasteiger partial charge in [-0.2, -0.15) is 0 Å². The van der Waals surface area contributed by atoms with Gasteiger partial charge in [0.1, 0.15) is 19.3 Å². The number of carbonyl (C=O) groups excluding carboxylic acids is 13. The number of benzene rings is 1. The highest BCUT2D eigenvalue weighted by Gasteiger charge is 2.36. The van der Waals surface area contributed by atoms with Crippen LogP contribution in [0.1, 0.15) is 169 Å². The number of amides is 8. The molecule has 2 saturated heterocycles. The lowest BCUT2D eigenvalue weighted by Crippen LogP contribution is -2.53. The van der Waals surface area contributed by atoms with Crippen molar-refractivity contribution in [3.05, 3.63) is 35.9 Å². The summed E-state index contributed by atoms with van der Waals surface area (Å²) in [6.07, 6.45) is 1.23. The summed E-state index contributed by atoms with van der Waals surface area (Å²) in [6.45, 7) is 12.8. The van der Waals surface area contributed by atoms with Crippen LogP contribution in [0.2, 0.25) is 0 Å². The van der Waals surface area contributed by atoms with E-state index < -0.39 is 150 Å². The van der Waals surface area contributed by atoms with Crippen LogP contribution in [-0.4, -0.2) is 265 Å². The van der Waals surface area contributed by atoms with Crippen molar-refractivity contribution in [1.29, 1.82) is 0 Å². The minimum Gasteiger partial charge on any atom is -0.481 e. The summed E-state index contributed by atoms with van der Waals surface area (Å²) in [4.78, 5) is 195. The van der Waals surface area contributed by atoms with Crippen molar-refractivity contribution in [2.45, 2.75) is 205 Å². The van der Waals surface area contributed by atoms with Crippen LogP contribution in [0, 0.1) is 23.7 Å². The van der Waals surface area contributed by atoms with Crippen molar-refractivity contribution in [2.24, 2.45) is 56.2 Å². The Hall–Kier alpha value is -8.18. The quantitative estimate of drug-likeness (QED) is 0.0110. The van der Waals surface area contributed by atoms with Gasteiger partial charge in [-0.25, -0.2) is 0 Å². The number of nitrogens with one attached hydrogen (secondary N) is 9. The van der Waals surface area contributed by atoms with Crippen LogP contribution in [0.15, 0.2) is 45.6 Å². The number of carboxylic acids is 1. The van der Waals surface area contributed by atoms with Gasteiger partial charge in [0, 0.05) is 107 Å². The second-order valence-corrected chi connectivity index (χ2v) is 33.4. The summed E-state index contributed by atoms with van der Waals surface area (Å²) < 4.78 is 21.8. The van der Waals surface area contributed by atoms with Gasteiger partial charge in [-0.1, -0.05) is 62.2 Å². The molecule has 2 heterocycles. The van der Waals surface area contributed by atoms with E-state index in [1.54, 1.807) is 44.2 Å². The molecule has 8 amide bonds. The zero-order valence-corrected chi connectivity index (χ0v) is 70.3. The summed E-state index contributed by atoms with van der Waals surface area (Å²) >= 11 is 0.962. The zero-order valence-electron chi connectivity index (χ0n) is 67.9. The second-order valence-electron chi connectivity index (χ2n) is 29.8. The van der Waals surface area contributed by atoms with E-state index in [0.29, 0.717) is 55.9 Å². The van der Waals surface area contributed by atoms with Crippen molar-refractivity contribution < 1.29 is 102 Å². The normalized spacial score (nSPS) is 20.2. The van der Waals surface area contributed by atoms with E-state index in [2.05, 4.69) is 63.2 Å². The molecular weight excluding hydrogens is 1570 g/mol. The predicted octanol–water partition coefficient (Wildman–Crippen LogP) is 1.73. The second kappa shape index (κ2) is 57.8. The highest BCUT2D eigenvalue weighted by Crippen LogP contribution is 2.28. The minimum absolute atomic E-state index is 0.00303. The fraction of sp³-hybridized carbons (Fsp3) is 0.701. The Morgan fingerprint density at radius 2 is 1.13 bits per heavy atom. The first-order valence-corrected chi connectivity index (χ1v) is 43.1. The fourth-order valence-corrected chi connectivity index (χ4v) is 15.3. The lowest BCUT2D eigenvalue weighted by molar-refractivity contribution is -0.142. The predicted molar refractivity (Wildman–Crippen MR) is 441 cm³/mol. The highest BCUT2D eigenvalue weighted by atomic mass is 33.1. The van der Waals surface area contributed by atoms with E-state index in [1.165, 1.54) is 0 Å². The Morgan fingerprint density at radius 1 is 0.578 bits per heavy atom. The number of nitrogens with zero attached hydrogens (tertiary/aromatic N) is 3. The molecule has 0 aromatic heterocycles. The first kappa shape index (κ1) is 102. The third kappa shape index (κ3) is 45.0. The summed E-state index contributed by atoms with van der Waals surface area (Å²) in [5.74, 6) is -14.3. The number of nitrogens with two attached hydrogens (primary N) is 3. The SMILES string of the molecule is C/C(=N/O)C(C)(C)NCCC(CCNC(=O)CCCC(=O)NCCCC[C@@H]1NC(=O)CSC[C@@H](C(=O)CCCOCCOCCOCCCC(=O)COCC(N)=O)NC(=O)[C@H](Cc2ccccc2)CC(=O)[C@@H]2CSSC[C@H](NC1=O)C(=O)C[C@@H](CCCN=C(N)N)C(=O)NCC(=O)C[C@@H](CC(=O)O)C(=O)N2)CCNC(C)(C)/C(C)=N\O. The third-order valence-corrected chi connectivity index (χ3v) is 23.0. The summed E-state index contributed by atoms with van der Waals surface area (Å²) in [5, 5.41) is 61.7. The average molecular weight is 1690 g/mol. The molecule has 0 saturated carbocycles. The molecule has 2 bridgehead atoms. The van der Waals surface area contributed by atoms with Crippen molar-refractivity contribution in [3.63, 3.8) is 0 Å². The van der Waals surface area contributed by atoms with Gasteiger partial charge < -0.3 is 99.5 Å². The van der Waals surface area contributed by atoms with Crippen molar-refractivity contribution >= 4 is 133 Å². The van der Waals surface area contributed by atoms with Crippen LogP contribution < -0.4 is 65.1 Å². The number of rotatable bonds is 49. The van der Waals surface area contributed by atoms with Gasteiger partial charge >= 0.3 is 5.97 Å². The van der Waals surface area contributed by atoms with Crippen LogP contribution in [-0.2, 0) is 92.5 Å². The molecule has 2 aliphatic rings. The number of guanidine groups is 1. The Balaban J connectivity index is 1.91. The number of ketones is 5. The zero-order chi connectivity index (χ0) is 85.9. The number of thioether (sulfide) groups is 1. The molecule has 1 aromatic carbocycles. The summed E-state index contributed by atoms with van der Waals surface area (Å²) in [6, 6.07) is 3.25. The molecule has 116 heavy (non-hydrogen) atoms. The molecule has 2 aliphatic heterocycles. The number of aliphatic imine (C=N–C) groups is 1. The average Bonchev–Trinajstić information content (AvgIpc) is 0.972. The number of fused-ring (bicyclic) bond motifs is 5. The van der Waals surface area contributed by atoms with Crippen LogP contribution in [0.25, 0.3) is 0 Å². The van der Waals surface area contributed by atoms with Gasteiger partial charge in [0.25, 0.3) is 0 Å². The molecular formula is C77H125N15O21S3. The standard InChI is InChI=1S/C77H125N15O21S3/c1-50(91-108)76(3,4)85-30-25-52(26-31-86-77(5,6)51(2)92-109)24-29-82-68(100)23-12-22-67(99)81-27-11-10-20-59-74(107)90-62-48-116-115-47-61(89-73(106)56(42-70(102)103)39-58(94)43-84-71(104)54(40-64(62)96)18-13-28-83-75(79)80)65(97)41-55(38-53-16-8-7-9-17-53)72(105)88-60(46-114-49-69(101)87-59)63(95)21-15-33-111-35-37-112-36-34-110-32-14-19-57(93)44-113-45-66(78)98/h7-9,16-17,52,54-56,59-62,85-86,108-109H,10-15,18-49H2,1-6H3,(H2,78,98)(H,81,99)(H,82,100)(H,84,104)(H,87,101)(H,88,105)(H,89,106)(H,90,107)(H,102,103)(H4,79,80,83)/b91-50-,92-51-/t54-,55-,56+,59+,60+,61+,62+/m1/s1. The summed E-state index contributed by atoms with van der Waals surface area (Å²) in [5.41, 5.74) is 16.7. The van der Waals surface area contributed by atoms with E-state index in [9.17, 15) is 82.6 Å². The number of aliphatic carboxylic acids is 1. The van der Waals surface area contributed by atoms with Crippen LogP contribution in [0.5, 0.6) is 0 Å². The van der Waals surface area contributed by atoms with E-state index in [1.807, 2.05) is 27.7 Å². The molecule has 2 fully saturated rings. The topological polar surface area (TPSA) is 560 Å². The number of carbonyl (C=O) groups is 14. The Kier molecular flexibility index (Phi) is 50.9. The van der Waals surface area contributed by atoms with Gasteiger partial charge in [0.2, 0.25) is 47.3 Å². The van der Waals surface area contributed by atoms with Crippen LogP contribution >= 0.6 is 33.3 Å². The molecule has 652 valence electrons. The van der Waals surface area contributed by atoms with Crippen molar-refractivity contribution in [2.75, 3.05) is 115 Å². The molecule has 0 spiro atoms. The van der Waals surface area contributed by atoms with E-state index in [-0.39, 0.29) is 189 Å². The molecule has 0 radical (unpaired) electrons. The number of carboxylic acid groups (broad SMARTS) is 1. The number of Topliss-reactive ketones (excluding diaryl/α,β-unsaturated/α-hetero) is 5. The maximum absolute atomic E-state index is 14.9. The minimum atomic E-state index is -1.54.